The zero-order chi connectivity index (χ0) is 18.4. The minimum Gasteiger partial charge on any atom is -0.298 e. The molecule has 0 atom stereocenters. The molecular formula is C22H25FO2. The molecule has 2 aromatic carbocycles. The number of hydrogen-bond acceptors (Lipinski definition) is 2. The van der Waals surface area contributed by atoms with Crippen molar-refractivity contribution in [2.24, 2.45) is 0 Å². The van der Waals surface area contributed by atoms with E-state index in [-0.39, 0.29) is 16.6 Å². The number of hydrogen-bond donors (Lipinski definition) is 0. The van der Waals surface area contributed by atoms with E-state index in [9.17, 15) is 9.32 Å². The third kappa shape index (κ3) is 2.97. The monoisotopic (exact) mass is 340 g/mol. The fourth-order valence-corrected chi connectivity index (χ4v) is 4.05. The van der Waals surface area contributed by atoms with Gasteiger partial charge in [-0.25, -0.2) is 0 Å². The maximum Gasteiger partial charge on any atom is 0.179 e. The van der Waals surface area contributed by atoms with Crippen molar-refractivity contribution in [1.29, 1.82) is 0 Å². The van der Waals surface area contributed by atoms with Crippen LogP contribution in [0, 0.1) is 6.92 Å². The minimum absolute atomic E-state index is 0.0291. The number of fused-ring (bicyclic) bond motifs is 1. The number of carbonyl (C=O) groups is 1. The third-order valence-corrected chi connectivity index (χ3v) is 5.58. The summed E-state index contributed by atoms with van der Waals surface area (Å²) in [4.78, 5) is 15.4. The average Bonchev–Trinajstić information content (AvgIpc) is 2.57. The van der Waals surface area contributed by atoms with E-state index in [0.29, 0.717) is 11.1 Å². The van der Waals surface area contributed by atoms with Crippen LogP contribution in [0.2, 0.25) is 0 Å². The maximum atomic E-state index is 13.2. The predicted molar refractivity (Wildman–Crippen MR) is 99.0 cm³/mol. The molecule has 0 spiro atoms. The van der Waals surface area contributed by atoms with Gasteiger partial charge in [0.25, 0.3) is 0 Å². The van der Waals surface area contributed by atoms with Crippen LogP contribution in [0.25, 0.3) is 11.1 Å². The van der Waals surface area contributed by atoms with Crippen LogP contribution in [0.3, 0.4) is 0 Å². The van der Waals surface area contributed by atoms with E-state index in [1.165, 1.54) is 17.2 Å². The van der Waals surface area contributed by atoms with Crippen LogP contribution in [0.15, 0.2) is 30.3 Å². The molecule has 0 saturated carbocycles. The first-order chi connectivity index (χ1) is 11.7. The molecule has 1 aliphatic rings. The van der Waals surface area contributed by atoms with Gasteiger partial charge in [-0.1, -0.05) is 45.4 Å². The van der Waals surface area contributed by atoms with Crippen molar-refractivity contribution in [2.45, 2.75) is 58.3 Å². The standard InChI is InChI=1S/C22H25FO2/c1-14-10-17(16-12-15(13-24)6-7-19(16)25-23)20-18(11-14)21(2,3)8-9-22(20,4)5/h6-7,10-13H,8-9H2,1-5H3. The summed E-state index contributed by atoms with van der Waals surface area (Å²) in [6.45, 7) is 11.1. The van der Waals surface area contributed by atoms with Gasteiger partial charge < -0.3 is 0 Å². The van der Waals surface area contributed by atoms with Crippen molar-refractivity contribution in [3.63, 3.8) is 0 Å². The normalized spacial score (nSPS) is 17.7. The van der Waals surface area contributed by atoms with Crippen LogP contribution in [0.5, 0.6) is 5.75 Å². The van der Waals surface area contributed by atoms with Crippen molar-refractivity contribution in [3.8, 4) is 16.9 Å². The van der Waals surface area contributed by atoms with E-state index in [1.807, 2.05) is 0 Å². The summed E-state index contributed by atoms with van der Waals surface area (Å²) < 4.78 is 13.2. The molecule has 3 rings (SSSR count). The molecule has 3 heteroatoms. The second kappa shape index (κ2) is 5.98. The molecule has 132 valence electrons. The van der Waals surface area contributed by atoms with Gasteiger partial charge in [-0.05, 0) is 65.5 Å². The minimum atomic E-state index is -0.0291. The molecule has 2 nitrogen and oxygen atoms in total. The Morgan fingerprint density at radius 3 is 2.32 bits per heavy atom. The highest BCUT2D eigenvalue weighted by Crippen LogP contribution is 2.50. The first kappa shape index (κ1) is 17.7. The van der Waals surface area contributed by atoms with E-state index in [4.69, 9.17) is 0 Å². The van der Waals surface area contributed by atoms with Crippen LogP contribution in [-0.4, -0.2) is 6.29 Å². The summed E-state index contributed by atoms with van der Waals surface area (Å²) in [7, 11) is 0. The molecule has 1 aliphatic carbocycles. The number of rotatable bonds is 3. The van der Waals surface area contributed by atoms with Gasteiger partial charge in [-0.15, -0.1) is 0 Å². The van der Waals surface area contributed by atoms with Crippen molar-refractivity contribution in [2.75, 3.05) is 0 Å². The van der Waals surface area contributed by atoms with Crippen molar-refractivity contribution in [1.82, 2.24) is 0 Å². The lowest BCUT2D eigenvalue weighted by atomic mass is 9.61. The molecule has 0 radical (unpaired) electrons. The second-order valence-electron chi connectivity index (χ2n) is 8.45. The van der Waals surface area contributed by atoms with Gasteiger partial charge >= 0.3 is 0 Å². The van der Waals surface area contributed by atoms with Crippen LogP contribution in [0.4, 0.5) is 4.53 Å². The topological polar surface area (TPSA) is 26.3 Å². The molecule has 0 N–H and O–H groups in total. The molecule has 25 heavy (non-hydrogen) atoms. The first-order valence-electron chi connectivity index (χ1n) is 8.73. The molecular weight excluding hydrogens is 315 g/mol. The molecule has 0 fully saturated rings. The second-order valence-corrected chi connectivity index (χ2v) is 8.45. The van der Waals surface area contributed by atoms with E-state index in [2.05, 4.69) is 51.7 Å². The van der Waals surface area contributed by atoms with Gasteiger partial charge in [0.05, 0.1) is 0 Å². The van der Waals surface area contributed by atoms with Crippen LogP contribution < -0.4 is 4.94 Å². The lowest BCUT2D eigenvalue weighted by Gasteiger charge is -2.43. The molecule has 2 aromatic rings. The molecule has 0 bridgehead atoms. The van der Waals surface area contributed by atoms with Gasteiger partial charge in [-0.3, -0.25) is 9.74 Å². The van der Waals surface area contributed by atoms with E-state index >= 15 is 0 Å². The molecule has 0 amide bonds. The largest absolute Gasteiger partial charge is 0.298 e. The van der Waals surface area contributed by atoms with E-state index < -0.39 is 0 Å². The van der Waals surface area contributed by atoms with Gasteiger partial charge in [0.1, 0.15) is 6.29 Å². The fraction of sp³-hybridized carbons (Fsp3) is 0.409. The molecule has 0 saturated heterocycles. The molecule has 0 unspecified atom stereocenters. The quantitative estimate of drug-likeness (QED) is 0.632. The fourth-order valence-electron chi connectivity index (χ4n) is 4.05. The zero-order valence-electron chi connectivity index (χ0n) is 15.6. The summed E-state index contributed by atoms with van der Waals surface area (Å²) >= 11 is 0. The van der Waals surface area contributed by atoms with Crippen LogP contribution >= 0.6 is 0 Å². The van der Waals surface area contributed by atoms with Gasteiger partial charge in [-0.2, -0.15) is 0 Å². The van der Waals surface area contributed by atoms with Gasteiger partial charge in [0, 0.05) is 15.7 Å². The Bertz CT molecular complexity index is 834. The highest BCUT2D eigenvalue weighted by atomic mass is 19.3. The van der Waals surface area contributed by atoms with Crippen molar-refractivity contribution in [3.05, 3.63) is 52.6 Å². The number of benzene rings is 2. The van der Waals surface area contributed by atoms with Crippen molar-refractivity contribution < 1.29 is 14.3 Å². The summed E-state index contributed by atoms with van der Waals surface area (Å²) in [5.41, 5.74) is 5.81. The summed E-state index contributed by atoms with van der Waals surface area (Å²) in [5.74, 6) is 0.151. The smallest absolute Gasteiger partial charge is 0.179 e. The Labute approximate surface area is 148 Å². The lowest BCUT2D eigenvalue weighted by Crippen LogP contribution is -2.34. The van der Waals surface area contributed by atoms with E-state index in [0.717, 1.165) is 30.3 Å². The number of aldehydes is 1. The van der Waals surface area contributed by atoms with Crippen LogP contribution in [-0.2, 0) is 10.8 Å². The highest BCUT2D eigenvalue weighted by molar-refractivity contribution is 5.84. The number of carbonyl (C=O) groups excluding carboxylic acids is 1. The summed E-state index contributed by atoms with van der Waals surface area (Å²) in [6.07, 6.45) is 2.95. The number of halogens is 1. The highest BCUT2D eigenvalue weighted by Gasteiger charge is 2.39. The summed E-state index contributed by atoms with van der Waals surface area (Å²) in [6, 6.07) is 9.14. The Balaban J connectivity index is 2.39. The van der Waals surface area contributed by atoms with Gasteiger partial charge in [0.2, 0.25) is 0 Å². The Kier molecular flexibility index (Phi) is 4.22. The molecule has 0 heterocycles. The predicted octanol–water partition coefficient (Wildman–Crippen LogP) is 6.09. The van der Waals surface area contributed by atoms with Gasteiger partial charge in [0.15, 0.2) is 5.75 Å². The zero-order valence-corrected chi connectivity index (χ0v) is 15.6. The SMILES string of the molecule is Cc1cc(-c2cc(C=O)ccc2OF)c2c(c1)C(C)(C)CCC2(C)C. The maximum absolute atomic E-state index is 13.2. The third-order valence-electron chi connectivity index (χ3n) is 5.58. The Morgan fingerprint density at radius 1 is 1.00 bits per heavy atom. The van der Waals surface area contributed by atoms with E-state index in [1.54, 1.807) is 12.1 Å². The number of aryl methyl sites for hydroxylation is 1. The average molecular weight is 340 g/mol. The molecule has 0 aliphatic heterocycles. The van der Waals surface area contributed by atoms with Crippen LogP contribution in [0.1, 0.15) is 67.6 Å². The van der Waals surface area contributed by atoms with Crippen molar-refractivity contribution >= 4 is 6.29 Å². The Hall–Kier alpha value is -2.16. The first-order valence-corrected chi connectivity index (χ1v) is 8.73. The summed E-state index contributed by atoms with van der Waals surface area (Å²) in [5, 5.41) is 0. The lowest BCUT2D eigenvalue weighted by molar-refractivity contribution is -0.00548. The molecule has 0 aromatic heterocycles. The Morgan fingerprint density at radius 2 is 1.68 bits per heavy atom.